The molecule has 0 unspecified atom stereocenters. The first-order valence-corrected chi connectivity index (χ1v) is 19.7. The Labute approximate surface area is 271 Å². The van der Waals surface area contributed by atoms with E-state index in [-0.39, 0.29) is 10.5 Å². The van der Waals surface area contributed by atoms with E-state index in [1.165, 1.54) is 20.7 Å². The van der Waals surface area contributed by atoms with Gasteiger partial charge in [0, 0.05) is 0 Å². The Bertz CT molecular complexity index is 1530. The molecule has 0 heterocycles. The van der Waals surface area contributed by atoms with E-state index >= 15 is 0 Å². The van der Waals surface area contributed by atoms with Crippen LogP contribution in [0, 0.1) is 0 Å². The van der Waals surface area contributed by atoms with E-state index in [0.29, 0.717) is 11.3 Å². The summed E-state index contributed by atoms with van der Waals surface area (Å²) in [6.07, 6.45) is 0.878. The molecule has 0 aromatic heterocycles. The van der Waals surface area contributed by atoms with E-state index in [9.17, 15) is 4.79 Å². The van der Waals surface area contributed by atoms with Crippen molar-refractivity contribution < 1.29 is 9.22 Å². The second-order valence-electron chi connectivity index (χ2n) is 13.1. The first-order chi connectivity index (χ1) is 20.9. The maximum absolute atomic E-state index is 11.6. The van der Waals surface area contributed by atoms with Crippen LogP contribution in [-0.4, -0.2) is 22.7 Å². The van der Waals surface area contributed by atoms with Gasteiger partial charge in [-0.3, -0.25) is 4.79 Å². The molecule has 0 aliphatic heterocycles. The number of carbonyl (C=O) groups is 1. The molecular weight excluding hydrogens is 592 g/mol. The zero-order valence-corrected chi connectivity index (χ0v) is 29.5. The standard InChI is InChI=1S/C23H24O2Si.C16H19ClSi/c1-23(2,3)19-15-14-18(17-24)22(16-19)25-26(20-10-6-4-7-11-20)21-12-8-5-9-13-21;1-16(2,3)18(17,14-10-6-4-7-11-14)15-12-8-5-9-13-15/h4-17,26H,1-3H3;4-13H,1-3H3. The molecule has 226 valence electrons. The van der Waals surface area contributed by atoms with Gasteiger partial charge < -0.3 is 4.43 Å². The quantitative estimate of drug-likeness (QED) is 0.105. The second kappa shape index (κ2) is 14.4. The Kier molecular flexibility index (Phi) is 10.9. The van der Waals surface area contributed by atoms with Crippen LogP contribution in [0.3, 0.4) is 0 Å². The summed E-state index contributed by atoms with van der Waals surface area (Å²) >= 11 is 7.21. The lowest BCUT2D eigenvalue weighted by Crippen LogP contribution is -2.59. The van der Waals surface area contributed by atoms with Crippen molar-refractivity contribution in [2.75, 3.05) is 0 Å². The van der Waals surface area contributed by atoms with Gasteiger partial charge in [0.05, 0.1) is 5.56 Å². The molecule has 5 aromatic rings. The van der Waals surface area contributed by atoms with Gasteiger partial charge in [-0.25, -0.2) is 0 Å². The molecule has 0 saturated carbocycles. The summed E-state index contributed by atoms with van der Waals surface area (Å²) in [5.41, 5.74) is 1.75. The smallest absolute Gasteiger partial charge is 0.299 e. The van der Waals surface area contributed by atoms with Crippen LogP contribution in [-0.2, 0) is 5.41 Å². The van der Waals surface area contributed by atoms with Crippen molar-refractivity contribution in [2.45, 2.75) is 52.0 Å². The molecule has 0 fully saturated rings. The molecule has 5 heteroatoms. The van der Waals surface area contributed by atoms with Gasteiger partial charge >= 0.3 is 0 Å². The van der Waals surface area contributed by atoms with Crippen LogP contribution >= 0.6 is 11.1 Å². The van der Waals surface area contributed by atoms with Crippen LogP contribution in [0.4, 0.5) is 0 Å². The molecule has 0 spiro atoms. The summed E-state index contributed by atoms with van der Waals surface area (Å²) < 4.78 is 6.55. The summed E-state index contributed by atoms with van der Waals surface area (Å²) in [5.74, 6) is 0.678. The second-order valence-corrected chi connectivity index (χ2v) is 21.1. The number of rotatable bonds is 7. The third kappa shape index (κ3) is 7.86. The molecule has 5 rings (SSSR count). The molecule has 2 nitrogen and oxygen atoms in total. The summed E-state index contributed by atoms with van der Waals surface area (Å²) in [6.45, 7) is 13.2. The normalized spacial score (nSPS) is 11.8. The third-order valence-corrected chi connectivity index (χ3v) is 17.6. The number of hydrogen-bond acceptors (Lipinski definition) is 2. The van der Waals surface area contributed by atoms with Gasteiger partial charge in [-0.05, 0) is 48.9 Å². The first-order valence-electron chi connectivity index (χ1n) is 15.1. The Hall–Kier alpha value is -3.71. The SMILES string of the molecule is CC(C)(C)[Si](Cl)(c1ccccc1)c1ccccc1.CC(C)(C)c1ccc(C=O)c(O[SiH](c2ccccc2)c2ccccc2)c1. The molecule has 0 aliphatic rings. The maximum Gasteiger partial charge on any atom is 0.299 e. The highest BCUT2D eigenvalue weighted by Crippen LogP contribution is 2.38. The minimum atomic E-state index is -2.23. The molecule has 44 heavy (non-hydrogen) atoms. The molecule has 0 aliphatic carbocycles. The molecule has 0 radical (unpaired) electrons. The summed E-state index contributed by atoms with van der Waals surface area (Å²) in [6, 6.07) is 47.6. The number of hydrogen-bond donors (Lipinski definition) is 0. The fraction of sp³-hybridized carbons (Fsp3) is 0.205. The van der Waals surface area contributed by atoms with Gasteiger partial charge in [-0.1, -0.05) is 169 Å². The van der Waals surface area contributed by atoms with Crippen molar-refractivity contribution in [3.63, 3.8) is 0 Å². The van der Waals surface area contributed by atoms with Crippen LogP contribution in [0.15, 0.2) is 140 Å². The van der Waals surface area contributed by atoms with Crippen LogP contribution in [0.5, 0.6) is 5.75 Å². The van der Waals surface area contributed by atoms with Crippen molar-refractivity contribution in [3.05, 3.63) is 151 Å². The van der Waals surface area contributed by atoms with Crippen molar-refractivity contribution in [1.29, 1.82) is 0 Å². The zero-order valence-electron chi connectivity index (χ0n) is 26.6. The summed E-state index contributed by atoms with van der Waals surface area (Å²) in [4.78, 5) is 11.6. The number of halogens is 1. The number of carbonyl (C=O) groups excluding carboxylic acids is 1. The topological polar surface area (TPSA) is 26.3 Å². The van der Waals surface area contributed by atoms with Gasteiger partial charge in [0.15, 0.2) is 6.29 Å². The molecule has 0 N–H and O–H groups in total. The average Bonchev–Trinajstić information content (AvgIpc) is 3.04. The van der Waals surface area contributed by atoms with Crippen molar-refractivity contribution >= 4 is 54.5 Å². The van der Waals surface area contributed by atoms with Gasteiger partial charge in [0.1, 0.15) is 5.75 Å². The van der Waals surface area contributed by atoms with E-state index in [1.807, 2.05) is 66.7 Å². The highest BCUT2D eigenvalue weighted by atomic mass is 35.6. The van der Waals surface area contributed by atoms with Gasteiger partial charge in [-0.2, -0.15) is 11.1 Å². The van der Waals surface area contributed by atoms with E-state index in [0.717, 1.165) is 11.8 Å². The molecule has 0 saturated heterocycles. The molecule has 0 atom stereocenters. The zero-order chi connectivity index (χ0) is 31.8. The minimum absolute atomic E-state index is 0.00390. The fourth-order valence-electron chi connectivity index (χ4n) is 5.28. The van der Waals surface area contributed by atoms with Gasteiger partial charge in [-0.15, -0.1) is 0 Å². The highest BCUT2D eigenvalue weighted by molar-refractivity contribution is 7.35. The Balaban J connectivity index is 0.000000215. The van der Waals surface area contributed by atoms with E-state index in [4.69, 9.17) is 15.5 Å². The van der Waals surface area contributed by atoms with Crippen LogP contribution in [0.2, 0.25) is 5.04 Å². The van der Waals surface area contributed by atoms with Crippen LogP contribution < -0.4 is 25.2 Å². The summed E-state index contributed by atoms with van der Waals surface area (Å²) in [7, 11) is -4.18. The molecule has 5 aromatic carbocycles. The van der Waals surface area contributed by atoms with Crippen LogP contribution in [0.1, 0.15) is 57.5 Å². The molecule has 0 amide bonds. The Morgan fingerprint density at radius 1 is 0.614 bits per heavy atom. The van der Waals surface area contributed by atoms with Gasteiger partial charge in [0.2, 0.25) is 7.38 Å². The highest BCUT2D eigenvalue weighted by Gasteiger charge is 2.46. The third-order valence-electron chi connectivity index (χ3n) is 7.83. The van der Waals surface area contributed by atoms with Crippen molar-refractivity contribution in [2.24, 2.45) is 0 Å². The van der Waals surface area contributed by atoms with Crippen LogP contribution in [0.25, 0.3) is 0 Å². The van der Waals surface area contributed by atoms with Crippen molar-refractivity contribution in [3.8, 4) is 5.75 Å². The largest absolute Gasteiger partial charge is 0.537 e. The Morgan fingerprint density at radius 3 is 1.39 bits per heavy atom. The predicted molar refractivity (Wildman–Crippen MR) is 194 cm³/mol. The first kappa shape index (κ1) is 33.2. The fourth-order valence-corrected chi connectivity index (χ4v) is 11.7. The molecular formula is C39H43ClO2Si2. The van der Waals surface area contributed by atoms with E-state index in [2.05, 4.69) is 114 Å². The lowest BCUT2D eigenvalue weighted by molar-refractivity contribution is 0.112. The lowest BCUT2D eigenvalue weighted by Gasteiger charge is -2.38. The number of benzene rings is 5. The predicted octanol–water partition coefficient (Wildman–Crippen LogP) is 7.50. The van der Waals surface area contributed by atoms with Crippen molar-refractivity contribution in [1.82, 2.24) is 0 Å². The lowest BCUT2D eigenvalue weighted by atomic mass is 9.86. The number of aldehydes is 1. The monoisotopic (exact) mass is 634 g/mol. The van der Waals surface area contributed by atoms with E-state index in [1.54, 1.807) is 0 Å². The summed E-state index contributed by atoms with van der Waals surface area (Å²) in [5, 5.41) is 5.02. The average molecular weight is 635 g/mol. The van der Waals surface area contributed by atoms with E-state index < -0.39 is 16.4 Å². The van der Waals surface area contributed by atoms with Gasteiger partial charge in [0.25, 0.3) is 9.04 Å². The molecule has 0 bridgehead atoms. The minimum Gasteiger partial charge on any atom is -0.537 e. The Morgan fingerprint density at radius 2 is 1.02 bits per heavy atom. The maximum atomic E-state index is 11.6.